The number of amides is 1. The molecule has 1 amide bonds. The third kappa shape index (κ3) is 4.95. The fourth-order valence-corrected chi connectivity index (χ4v) is 3.20. The summed E-state index contributed by atoms with van der Waals surface area (Å²) >= 11 is 5.63. The summed E-state index contributed by atoms with van der Waals surface area (Å²) in [6.07, 6.45) is 3.54. The smallest absolute Gasteiger partial charge is 0.277 e. The van der Waals surface area contributed by atoms with Crippen LogP contribution in [0.3, 0.4) is 0 Å². The van der Waals surface area contributed by atoms with Gasteiger partial charge in [-0.1, -0.05) is 34.1 Å². The molecular formula is C19H15BrIN3O2. The van der Waals surface area contributed by atoms with Crippen molar-refractivity contribution in [1.29, 1.82) is 0 Å². The summed E-state index contributed by atoms with van der Waals surface area (Å²) in [5, 5.41) is 4.02. The van der Waals surface area contributed by atoms with Crippen LogP contribution >= 0.6 is 38.5 Å². The first kappa shape index (κ1) is 18.7. The Morgan fingerprint density at radius 3 is 2.85 bits per heavy atom. The minimum atomic E-state index is -0.318. The molecule has 26 heavy (non-hydrogen) atoms. The molecule has 0 aliphatic rings. The van der Waals surface area contributed by atoms with Crippen LogP contribution < -0.4 is 10.2 Å². The van der Waals surface area contributed by atoms with E-state index in [1.807, 2.05) is 71.4 Å². The molecule has 0 aliphatic carbocycles. The van der Waals surface area contributed by atoms with Gasteiger partial charge in [0.15, 0.2) is 6.61 Å². The maximum absolute atomic E-state index is 11.9. The van der Waals surface area contributed by atoms with E-state index in [2.05, 4.69) is 49.0 Å². The summed E-state index contributed by atoms with van der Waals surface area (Å²) in [4.78, 5) is 11.9. The van der Waals surface area contributed by atoms with Gasteiger partial charge in [0.05, 0.1) is 15.5 Å². The summed E-state index contributed by atoms with van der Waals surface area (Å²) in [6.45, 7) is -0.0933. The van der Waals surface area contributed by atoms with Crippen molar-refractivity contribution in [3.63, 3.8) is 0 Å². The molecule has 0 aliphatic heterocycles. The van der Waals surface area contributed by atoms with Crippen molar-refractivity contribution in [2.75, 3.05) is 6.61 Å². The lowest BCUT2D eigenvalue weighted by Gasteiger charge is -2.07. The van der Waals surface area contributed by atoms with Crippen LogP contribution in [-0.2, 0) is 4.79 Å². The molecule has 1 heterocycles. The van der Waals surface area contributed by atoms with E-state index in [0.29, 0.717) is 5.75 Å². The third-order valence-electron chi connectivity index (χ3n) is 3.45. The molecule has 5 nitrogen and oxygen atoms in total. The number of hydrogen-bond donors (Lipinski definition) is 1. The second-order valence-corrected chi connectivity index (χ2v) is 7.37. The number of nitrogens with zero attached hydrogens (tertiary/aromatic N) is 2. The minimum absolute atomic E-state index is 0.0933. The summed E-state index contributed by atoms with van der Waals surface area (Å²) in [5.41, 5.74) is 4.33. The Bertz CT molecular complexity index is 940. The third-order valence-corrected chi connectivity index (χ3v) is 4.83. The van der Waals surface area contributed by atoms with Crippen molar-refractivity contribution in [3.8, 4) is 11.4 Å². The maximum Gasteiger partial charge on any atom is 0.277 e. The maximum atomic E-state index is 11.9. The van der Waals surface area contributed by atoms with Crippen LogP contribution in [0.5, 0.6) is 5.75 Å². The molecule has 7 heteroatoms. The summed E-state index contributed by atoms with van der Waals surface area (Å²) in [5.74, 6) is 0.359. The zero-order valence-electron chi connectivity index (χ0n) is 13.6. The van der Waals surface area contributed by atoms with Crippen LogP contribution in [0.1, 0.15) is 5.69 Å². The second-order valence-electron chi connectivity index (χ2n) is 5.30. The van der Waals surface area contributed by atoms with Crippen LogP contribution in [0.2, 0.25) is 0 Å². The fourth-order valence-electron chi connectivity index (χ4n) is 2.27. The van der Waals surface area contributed by atoms with Gasteiger partial charge in [-0.3, -0.25) is 4.79 Å². The number of para-hydroxylation sites is 1. The minimum Gasteiger partial charge on any atom is -0.483 e. The van der Waals surface area contributed by atoms with E-state index in [0.717, 1.165) is 19.4 Å². The van der Waals surface area contributed by atoms with E-state index in [1.54, 1.807) is 6.21 Å². The number of carbonyl (C=O) groups excluding carboxylic acids is 1. The molecule has 0 saturated carbocycles. The first-order valence-corrected chi connectivity index (χ1v) is 9.63. The van der Waals surface area contributed by atoms with Gasteiger partial charge in [-0.15, -0.1) is 0 Å². The normalized spacial score (nSPS) is 10.8. The van der Waals surface area contributed by atoms with Gasteiger partial charge in [-0.05, 0) is 65.1 Å². The number of hydrazone groups is 1. The molecule has 0 saturated heterocycles. The number of ether oxygens (including phenoxy) is 1. The van der Waals surface area contributed by atoms with E-state index in [4.69, 9.17) is 4.74 Å². The standard InChI is InChI=1S/C19H15BrIN3O2/c20-14-5-3-6-15(11-14)24-10-4-7-16(24)12-22-23-19(25)13-26-18-9-2-1-8-17(18)21/h1-12H,13H2,(H,23,25)/b22-12+. The van der Waals surface area contributed by atoms with Gasteiger partial charge in [0, 0.05) is 16.4 Å². The molecule has 3 aromatic rings. The zero-order valence-corrected chi connectivity index (χ0v) is 17.3. The molecule has 0 bridgehead atoms. The van der Waals surface area contributed by atoms with Crippen molar-refractivity contribution in [2.24, 2.45) is 5.10 Å². The largest absolute Gasteiger partial charge is 0.483 e. The number of nitrogens with one attached hydrogen (secondary N) is 1. The van der Waals surface area contributed by atoms with E-state index >= 15 is 0 Å². The van der Waals surface area contributed by atoms with Crippen molar-refractivity contribution < 1.29 is 9.53 Å². The second kappa shape index (κ2) is 9.00. The highest BCUT2D eigenvalue weighted by Gasteiger charge is 2.05. The molecule has 0 atom stereocenters. The number of rotatable bonds is 6. The van der Waals surface area contributed by atoms with Gasteiger partial charge >= 0.3 is 0 Å². The first-order valence-electron chi connectivity index (χ1n) is 7.76. The summed E-state index contributed by atoms with van der Waals surface area (Å²) in [6, 6.07) is 19.3. The van der Waals surface area contributed by atoms with Crippen molar-refractivity contribution in [2.45, 2.75) is 0 Å². The number of aromatic nitrogens is 1. The molecule has 0 fully saturated rings. The van der Waals surface area contributed by atoms with Crippen molar-refractivity contribution >= 4 is 50.6 Å². The highest BCUT2D eigenvalue weighted by atomic mass is 127. The summed E-state index contributed by atoms with van der Waals surface area (Å²) in [7, 11) is 0. The predicted molar refractivity (Wildman–Crippen MR) is 114 cm³/mol. The Morgan fingerprint density at radius 1 is 1.19 bits per heavy atom. The molecule has 0 radical (unpaired) electrons. The van der Waals surface area contributed by atoms with Gasteiger partial charge in [-0.25, -0.2) is 5.43 Å². The molecule has 1 N–H and O–H groups in total. The van der Waals surface area contributed by atoms with E-state index in [-0.39, 0.29) is 12.5 Å². The van der Waals surface area contributed by atoms with Crippen LogP contribution in [0.4, 0.5) is 0 Å². The molecule has 0 unspecified atom stereocenters. The number of benzene rings is 2. The lowest BCUT2D eigenvalue weighted by atomic mass is 10.3. The van der Waals surface area contributed by atoms with Crippen LogP contribution in [0, 0.1) is 3.57 Å². The Hall–Kier alpha value is -2.13. The van der Waals surface area contributed by atoms with Gasteiger partial charge in [0.25, 0.3) is 5.91 Å². The molecule has 132 valence electrons. The Morgan fingerprint density at radius 2 is 2.04 bits per heavy atom. The van der Waals surface area contributed by atoms with Gasteiger partial charge in [-0.2, -0.15) is 5.10 Å². The van der Waals surface area contributed by atoms with Crippen LogP contribution in [-0.4, -0.2) is 23.3 Å². The number of halogens is 2. The number of hydrogen-bond acceptors (Lipinski definition) is 3. The highest BCUT2D eigenvalue weighted by molar-refractivity contribution is 14.1. The van der Waals surface area contributed by atoms with Crippen molar-refractivity contribution in [1.82, 2.24) is 9.99 Å². The quantitative estimate of drug-likeness (QED) is 0.296. The topological polar surface area (TPSA) is 55.6 Å². The lowest BCUT2D eigenvalue weighted by Crippen LogP contribution is -2.24. The Kier molecular flexibility index (Phi) is 6.45. The average Bonchev–Trinajstić information content (AvgIpc) is 3.09. The molecule has 0 spiro atoms. The zero-order chi connectivity index (χ0) is 18.4. The van der Waals surface area contributed by atoms with Gasteiger partial charge in [0.1, 0.15) is 5.75 Å². The van der Waals surface area contributed by atoms with E-state index in [9.17, 15) is 4.79 Å². The molecule has 3 rings (SSSR count). The fraction of sp³-hybridized carbons (Fsp3) is 0.0526. The van der Waals surface area contributed by atoms with E-state index in [1.165, 1.54) is 0 Å². The van der Waals surface area contributed by atoms with Crippen LogP contribution in [0.25, 0.3) is 5.69 Å². The predicted octanol–water partition coefficient (Wildman–Crippen LogP) is 4.37. The van der Waals surface area contributed by atoms with Gasteiger partial charge in [0.2, 0.25) is 0 Å². The molecule has 2 aromatic carbocycles. The Balaban J connectivity index is 1.58. The molecule has 1 aromatic heterocycles. The van der Waals surface area contributed by atoms with Crippen molar-refractivity contribution in [3.05, 3.63) is 80.6 Å². The van der Waals surface area contributed by atoms with Gasteiger partial charge < -0.3 is 9.30 Å². The average molecular weight is 524 g/mol. The highest BCUT2D eigenvalue weighted by Crippen LogP contribution is 2.19. The number of carbonyl (C=O) groups is 1. The monoisotopic (exact) mass is 523 g/mol. The Labute approximate surface area is 173 Å². The van der Waals surface area contributed by atoms with Crippen LogP contribution in [0.15, 0.2) is 76.4 Å². The van der Waals surface area contributed by atoms with E-state index < -0.39 is 0 Å². The first-order chi connectivity index (χ1) is 12.6. The lowest BCUT2D eigenvalue weighted by molar-refractivity contribution is -0.123. The molecular weight excluding hydrogens is 509 g/mol. The SMILES string of the molecule is O=C(COc1ccccc1I)N/N=C/c1cccn1-c1cccc(Br)c1. The summed E-state index contributed by atoms with van der Waals surface area (Å²) < 4.78 is 9.41.